The number of anilines is 2. The summed E-state index contributed by atoms with van der Waals surface area (Å²) in [6.07, 6.45) is 2.77. The minimum Gasteiger partial charge on any atom is -0.371 e. The Morgan fingerprint density at radius 1 is 1.08 bits per heavy atom. The molecule has 1 N–H and O–H groups in total. The molecule has 126 valence electrons. The lowest BCUT2D eigenvalue weighted by atomic mass is 10.1. The van der Waals surface area contributed by atoms with Crippen LogP contribution in [0.3, 0.4) is 0 Å². The average molecular weight is 363 g/mol. The van der Waals surface area contributed by atoms with Crippen LogP contribution in [0.5, 0.6) is 0 Å². The maximum atomic E-state index is 12.2. The molecule has 0 aliphatic carbocycles. The van der Waals surface area contributed by atoms with E-state index >= 15 is 0 Å². The molecule has 3 nitrogen and oxygen atoms in total. The zero-order valence-electron chi connectivity index (χ0n) is 13.6. The van der Waals surface area contributed by atoms with Crippen molar-refractivity contribution in [1.82, 2.24) is 0 Å². The van der Waals surface area contributed by atoms with Crippen LogP contribution in [0.25, 0.3) is 0 Å². The first kappa shape index (κ1) is 17.1. The third-order valence-electron chi connectivity index (χ3n) is 4.28. The fourth-order valence-electron chi connectivity index (χ4n) is 3.09. The number of amides is 1. The van der Waals surface area contributed by atoms with Crippen LogP contribution in [0.15, 0.2) is 36.4 Å². The summed E-state index contributed by atoms with van der Waals surface area (Å²) < 4.78 is 0. The number of carbonyl (C=O) groups is 1. The Morgan fingerprint density at radius 3 is 2.50 bits per heavy atom. The minimum absolute atomic E-state index is 0.0679. The van der Waals surface area contributed by atoms with E-state index in [0.717, 1.165) is 24.3 Å². The maximum absolute atomic E-state index is 12.2. The van der Waals surface area contributed by atoms with Gasteiger partial charge in [0.2, 0.25) is 5.91 Å². The molecule has 5 heteroatoms. The lowest BCUT2D eigenvalue weighted by Crippen LogP contribution is -2.19. The van der Waals surface area contributed by atoms with Gasteiger partial charge in [-0.15, -0.1) is 0 Å². The van der Waals surface area contributed by atoms with E-state index in [1.165, 1.54) is 24.1 Å². The summed E-state index contributed by atoms with van der Waals surface area (Å²) >= 11 is 11.9. The summed E-state index contributed by atoms with van der Waals surface area (Å²) in [5.74, 6) is -0.0679. The monoisotopic (exact) mass is 362 g/mol. The van der Waals surface area contributed by atoms with Crippen molar-refractivity contribution in [3.63, 3.8) is 0 Å². The predicted molar refractivity (Wildman–Crippen MR) is 101 cm³/mol. The summed E-state index contributed by atoms with van der Waals surface area (Å²) in [5.41, 5.74) is 4.10. The molecule has 1 fully saturated rings. The highest BCUT2D eigenvalue weighted by atomic mass is 35.5. The highest BCUT2D eigenvalue weighted by molar-refractivity contribution is 6.42. The van der Waals surface area contributed by atoms with Gasteiger partial charge in [-0.25, -0.2) is 0 Å². The molecule has 24 heavy (non-hydrogen) atoms. The lowest BCUT2D eigenvalue weighted by Gasteiger charge is -2.20. The van der Waals surface area contributed by atoms with Crippen molar-refractivity contribution in [3.8, 4) is 0 Å². The van der Waals surface area contributed by atoms with Crippen LogP contribution in [-0.2, 0) is 11.2 Å². The molecule has 2 aromatic carbocycles. The SMILES string of the molecule is Cc1cc(NC(=O)Cc2ccc(Cl)c(Cl)c2)ccc1N1CCCC1. The summed E-state index contributed by atoms with van der Waals surface area (Å²) in [6, 6.07) is 11.3. The van der Waals surface area contributed by atoms with E-state index in [2.05, 4.69) is 23.2 Å². The molecule has 0 saturated carbocycles. The summed E-state index contributed by atoms with van der Waals surface area (Å²) in [5, 5.41) is 3.91. The molecule has 0 aromatic heterocycles. The summed E-state index contributed by atoms with van der Waals surface area (Å²) in [7, 11) is 0. The number of nitrogens with one attached hydrogen (secondary N) is 1. The smallest absolute Gasteiger partial charge is 0.228 e. The van der Waals surface area contributed by atoms with Gasteiger partial charge in [0.25, 0.3) is 0 Å². The molecule has 1 heterocycles. The number of hydrogen-bond donors (Lipinski definition) is 1. The summed E-state index contributed by atoms with van der Waals surface area (Å²) in [6.45, 7) is 4.32. The molecule has 3 rings (SSSR count). The van der Waals surface area contributed by atoms with Crippen molar-refractivity contribution in [2.75, 3.05) is 23.3 Å². The van der Waals surface area contributed by atoms with Crippen LogP contribution in [-0.4, -0.2) is 19.0 Å². The summed E-state index contributed by atoms with van der Waals surface area (Å²) in [4.78, 5) is 14.6. The third kappa shape index (κ3) is 4.03. The number of aryl methyl sites for hydroxylation is 1. The van der Waals surface area contributed by atoms with Gasteiger partial charge in [0.1, 0.15) is 0 Å². The maximum Gasteiger partial charge on any atom is 0.228 e. The van der Waals surface area contributed by atoms with Gasteiger partial charge < -0.3 is 10.2 Å². The number of rotatable bonds is 4. The second-order valence-electron chi connectivity index (χ2n) is 6.17. The lowest BCUT2D eigenvalue weighted by molar-refractivity contribution is -0.115. The molecule has 1 saturated heterocycles. The van der Waals surface area contributed by atoms with Gasteiger partial charge in [-0.3, -0.25) is 4.79 Å². The molecular weight excluding hydrogens is 343 g/mol. The largest absolute Gasteiger partial charge is 0.371 e. The van der Waals surface area contributed by atoms with E-state index in [-0.39, 0.29) is 12.3 Å². The molecule has 0 spiro atoms. The van der Waals surface area contributed by atoms with E-state index in [4.69, 9.17) is 23.2 Å². The Kier molecular flexibility index (Phi) is 5.32. The average Bonchev–Trinajstić information content (AvgIpc) is 3.05. The Morgan fingerprint density at radius 2 is 1.83 bits per heavy atom. The first-order valence-electron chi connectivity index (χ1n) is 8.12. The fourth-order valence-corrected chi connectivity index (χ4v) is 3.41. The van der Waals surface area contributed by atoms with Crippen LogP contribution in [0, 0.1) is 6.92 Å². The first-order chi connectivity index (χ1) is 11.5. The molecule has 0 unspecified atom stereocenters. The topological polar surface area (TPSA) is 32.3 Å². The second kappa shape index (κ2) is 7.45. The number of hydrogen-bond acceptors (Lipinski definition) is 2. The predicted octanol–water partition coefficient (Wildman–Crippen LogP) is 5.08. The van der Waals surface area contributed by atoms with Crippen molar-refractivity contribution in [2.45, 2.75) is 26.2 Å². The first-order valence-corrected chi connectivity index (χ1v) is 8.88. The molecule has 2 aromatic rings. The van der Waals surface area contributed by atoms with Crippen molar-refractivity contribution < 1.29 is 4.79 Å². The van der Waals surface area contributed by atoms with E-state index < -0.39 is 0 Å². The number of nitrogens with zero attached hydrogens (tertiary/aromatic N) is 1. The molecule has 1 aliphatic rings. The number of halogens is 2. The van der Waals surface area contributed by atoms with Crippen molar-refractivity contribution >= 4 is 40.5 Å². The van der Waals surface area contributed by atoms with Gasteiger partial charge in [0.15, 0.2) is 0 Å². The molecule has 0 radical (unpaired) electrons. The highest BCUT2D eigenvalue weighted by Crippen LogP contribution is 2.27. The fraction of sp³-hybridized carbons (Fsp3) is 0.316. The second-order valence-corrected chi connectivity index (χ2v) is 6.98. The van der Waals surface area contributed by atoms with Crippen molar-refractivity contribution in [2.24, 2.45) is 0 Å². The zero-order valence-corrected chi connectivity index (χ0v) is 15.1. The molecule has 0 bridgehead atoms. The van der Waals surface area contributed by atoms with Crippen LogP contribution >= 0.6 is 23.2 Å². The van der Waals surface area contributed by atoms with Crippen molar-refractivity contribution in [3.05, 3.63) is 57.6 Å². The Balaban J connectivity index is 1.65. The van der Waals surface area contributed by atoms with Gasteiger partial charge in [0.05, 0.1) is 16.5 Å². The van der Waals surface area contributed by atoms with Crippen LogP contribution in [0.2, 0.25) is 10.0 Å². The van der Waals surface area contributed by atoms with Gasteiger partial charge in [-0.05, 0) is 61.2 Å². The minimum atomic E-state index is -0.0679. The van der Waals surface area contributed by atoms with Crippen molar-refractivity contribution in [1.29, 1.82) is 0 Å². The van der Waals surface area contributed by atoms with Gasteiger partial charge in [-0.1, -0.05) is 29.3 Å². The normalized spacial score (nSPS) is 14.0. The Bertz CT molecular complexity index is 755. The standard InChI is InChI=1S/C19H20Cl2N2O/c1-13-10-15(5-7-18(13)23-8-2-3-9-23)22-19(24)12-14-4-6-16(20)17(21)11-14/h4-7,10-11H,2-3,8-9,12H2,1H3,(H,22,24). The Hall–Kier alpha value is -1.71. The van der Waals surface area contributed by atoms with E-state index in [9.17, 15) is 4.79 Å². The quantitative estimate of drug-likeness (QED) is 0.821. The van der Waals surface area contributed by atoms with Gasteiger partial charge in [0, 0.05) is 24.5 Å². The molecule has 1 aliphatic heterocycles. The molecule has 1 amide bonds. The highest BCUT2D eigenvalue weighted by Gasteiger charge is 2.14. The zero-order chi connectivity index (χ0) is 17.1. The number of benzene rings is 2. The van der Waals surface area contributed by atoms with Gasteiger partial charge >= 0.3 is 0 Å². The third-order valence-corrected chi connectivity index (χ3v) is 5.02. The van der Waals surface area contributed by atoms with Crippen LogP contribution in [0.4, 0.5) is 11.4 Å². The van der Waals surface area contributed by atoms with E-state index in [0.29, 0.717) is 10.0 Å². The van der Waals surface area contributed by atoms with Crippen LogP contribution in [0.1, 0.15) is 24.0 Å². The van der Waals surface area contributed by atoms with E-state index in [1.807, 2.05) is 18.2 Å². The molecular formula is C19H20Cl2N2O. The Labute approximate surface area is 152 Å². The van der Waals surface area contributed by atoms with Gasteiger partial charge in [-0.2, -0.15) is 0 Å². The van der Waals surface area contributed by atoms with E-state index in [1.54, 1.807) is 12.1 Å². The molecule has 0 atom stereocenters. The van der Waals surface area contributed by atoms with Crippen LogP contribution < -0.4 is 10.2 Å². The number of carbonyl (C=O) groups excluding carboxylic acids is 1.